The number of aryl methyl sites for hydroxylation is 2. The van der Waals surface area contributed by atoms with Crippen LogP contribution in [0.25, 0.3) is 0 Å². The van der Waals surface area contributed by atoms with Crippen molar-refractivity contribution in [3.8, 4) is 0 Å². The van der Waals surface area contributed by atoms with E-state index in [2.05, 4.69) is 10.1 Å². The number of aromatic nitrogens is 2. The van der Waals surface area contributed by atoms with Crippen molar-refractivity contribution in [1.29, 1.82) is 0 Å². The first kappa shape index (κ1) is 17.1. The molecule has 122 valence electrons. The van der Waals surface area contributed by atoms with Gasteiger partial charge in [0.05, 0.1) is 18.0 Å². The number of ether oxygens (including phenoxy) is 1. The van der Waals surface area contributed by atoms with Gasteiger partial charge in [-0.25, -0.2) is 8.42 Å². The molecule has 0 saturated heterocycles. The van der Waals surface area contributed by atoms with Crippen LogP contribution in [0.4, 0.5) is 0 Å². The lowest BCUT2D eigenvalue weighted by molar-refractivity contribution is 0.199. The summed E-state index contributed by atoms with van der Waals surface area (Å²) in [5, 5.41) is 3.80. The number of rotatable bonds is 7. The van der Waals surface area contributed by atoms with Gasteiger partial charge in [-0.05, 0) is 19.9 Å². The van der Waals surface area contributed by atoms with Crippen LogP contribution in [0.3, 0.4) is 0 Å². The molecule has 0 saturated carbocycles. The summed E-state index contributed by atoms with van der Waals surface area (Å²) >= 11 is 1.46. The Morgan fingerprint density at radius 3 is 2.73 bits per heavy atom. The highest BCUT2D eigenvalue weighted by atomic mass is 32.2. The van der Waals surface area contributed by atoms with Gasteiger partial charge in [0.25, 0.3) is 0 Å². The molecule has 0 amide bonds. The maximum Gasteiger partial charge on any atom is 0.244 e. The van der Waals surface area contributed by atoms with Crippen LogP contribution in [0.15, 0.2) is 15.5 Å². The lowest BCUT2D eigenvalue weighted by atomic mass is 10.4. The molecular formula is C13H19N3O4S2. The smallest absolute Gasteiger partial charge is 0.244 e. The normalized spacial score (nSPS) is 12.2. The zero-order valence-electron chi connectivity index (χ0n) is 13.0. The second-order valence-electron chi connectivity index (χ2n) is 4.89. The summed E-state index contributed by atoms with van der Waals surface area (Å²) in [6.45, 7) is 4.21. The molecule has 0 unspecified atom stereocenters. The van der Waals surface area contributed by atoms with E-state index in [1.54, 1.807) is 20.1 Å². The molecule has 9 heteroatoms. The first-order valence-electron chi connectivity index (χ1n) is 6.68. The van der Waals surface area contributed by atoms with Crippen molar-refractivity contribution in [2.45, 2.75) is 31.7 Å². The van der Waals surface area contributed by atoms with E-state index < -0.39 is 10.0 Å². The lowest BCUT2D eigenvalue weighted by Crippen LogP contribution is -2.26. The van der Waals surface area contributed by atoms with E-state index in [0.29, 0.717) is 23.7 Å². The Kier molecular flexibility index (Phi) is 5.32. The summed E-state index contributed by atoms with van der Waals surface area (Å²) in [4.78, 5) is 6.23. The zero-order valence-corrected chi connectivity index (χ0v) is 14.6. The molecule has 2 rings (SSSR count). The summed E-state index contributed by atoms with van der Waals surface area (Å²) in [6.07, 6.45) is 0.527. The van der Waals surface area contributed by atoms with Crippen molar-refractivity contribution >= 4 is 21.4 Å². The summed E-state index contributed by atoms with van der Waals surface area (Å²) in [5.41, 5.74) is 0. The fourth-order valence-electron chi connectivity index (χ4n) is 1.96. The van der Waals surface area contributed by atoms with Crippen molar-refractivity contribution in [2.75, 3.05) is 20.8 Å². The van der Waals surface area contributed by atoms with Crippen LogP contribution >= 0.6 is 11.3 Å². The summed E-state index contributed by atoms with van der Waals surface area (Å²) in [5.74, 6) is 0.770. The largest absolute Gasteiger partial charge is 0.384 e. The standard InChI is InChI=1S/C13H19N3O4S2/c1-9-7-11(10(2)21-9)22(17,18)16(3)8-13-14-12(15-20-13)5-6-19-4/h7H,5-6,8H2,1-4H3. The van der Waals surface area contributed by atoms with E-state index >= 15 is 0 Å². The lowest BCUT2D eigenvalue weighted by Gasteiger charge is -2.14. The Balaban J connectivity index is 2.12. The first-order valence-corrected chi connectivity index (χ1v) is 8.94. The van der Waals surface area contributed by atoms with E-state index in [1.165, 1.54) is 22.7 Å². The average Bonchev–Trinajstić information content (AvgIpc) is 3.03. The quantitative estimate of drug-likeness (QED) is 0.760. The number of methoxy groups -OCH3 is 1. The third-order valence-electron chi connectivity index (χ3n) is 3.08. The molecule has 0 atom stereocenters. The third-order valence-corrected chi connectivity index (χ3v) is 6.11. The fourth-order valence-corrected chi connectivity index (χ4v) is 4.60. The van der Waals surface area contributed by atoms with Gasteiger partial charge in [-0.3, -0.25) is 0 Å². The van der Waals surface area contributed by atoms with Crippen molar-refractivity contribution in [1.82, 2.24) is 14.4 Å². The van der Waals surface area contributed by atoms with Crippen molar-refractivity contribution in [2.24, 2.45) is 0 Å². The van der Waals surface area contributed by atoms with Crippen LogP contribution in [-0.2, 0) is 27.7 Å². The Morgan fingerprint density at radius 2 is 2.14 bits per heavy atom. The molecule has 0 aliphatic heterocycles. The van der Waals surface area contributed by atoms with Crippen LogP contribution in [0.1, 0.15) is 21.5 Å². The van der Waals surface area contributed by atoms with E-state index in [-0.39, 0.29) is 12.4 Å². The number of hydrogen-bond donors (Lipinski definition) is 0. The van der Waals surface area contributed by atoms with E-state index in [4.69, 9.17) is 9.26 Å². The summed E-state index contributed by atoms with van der Waals surface area (Å²) in [6, 6.07) is 1.68. The highest BCUT2D eigenvalue weighted by Gasteiger charge is 2.26. The minimum absolute atomic E-state index is 0.0383. The van der Waals surface area contributed by atoms with Crippen molar-refractivity contribution in [3.05, 3.63) is 27.5 Å². The van der Waals surface area contributed by atoms with Crippen LogP contribution in [0.5, 0.6) is 0 Å². The van der Waals surface area contributed by atoms with Gasteiger partial charge in [0.1, 0.15) is 0 Å². The number of hydrogen-bond acceptors (Lipinski definition) is 7. The molecule has 0 radical (unpaired) electrons. The van der Waals surface area contributed by atoms with E-state index in [9.17, 15) is 8.42 Å². The Morgan fingerprint density at radius 1 is 1.41 bits per heavy atom. The summed E-state index contributed by atoms with van der Waals surface area (Å²) < 4.78 is 36.4. The van der Waals surface area contributed by atoms with Gasteiger partial charge in [-0.1, -0.05) is 5.16 Å². The SMILES string of the molecule is COCCc1noc(CN(C)S(=O)(=O)c2cc(C)sc2C)n1. The molecule has 2 aromatic rings. The van der Waals surface area contributed by atoms with Gasteiger partial charge < -0.3 is 9.26 Å². The fraction of sp³-hybridized carbons (Fsp3) is 0.538. The first-order chi connectivity index (χ1) is 10.3. The number of nitrogens with zero attached hydrogens (tertiary/aromatic N) is 3. The molecule has 0 aliphatic carbocycles. The second-order valence-corrected chi connectivity index (χ2v) is 8.36. The Bertz CT molecular complexity index is 736. The number of thiophene rings is 1. The molecule has 2 heterocycles. The maximum absolute atomic E-state index is 12.6. The van der Waals surface area contributed by atoms with E-state index in [0.717, 1.165) is 9.75 Å². The van der Waals surface area contributed by atoms with Crippen LogP contribution in [0.2, 0.25) is 0 Å². The molecule has 0 aromatic carbocycles. The van der Waals surface area contributed by atoms with Crippen LogP contribution in [-0.4, -0.2) is 43.6 Å². The minimum atomic E-state index is -3.56. The monoisotopic (exact) mass is 345 g/mol. The van der Waals surface area contributed by atoms with Gasteiger partial charge in [0, 0.05) is 30.3 Å². The molecule has 0 fully saturated rings. The molecule has 2 aromatic heterocycles. The topological polar surface area (TPSA) is 85.5 Å². The van der Waals surface area contributed by atoms with Gasteiger partial charge in [0.15, 0.2) is 5.82 Å². The van der Waals surface area contributed by atoms with Crippen molar-refractivity contribution < 1.29 is 17.7 Å². The molecule has 0 bridgehead atoms. The van der Waals surface area contributed by atoms with Gasteiger partial charge in [-0.15, -0.1) is 11.3 Å². The third kappa shape index (κ3) is 3.72. The minimum Gasteiger partial charge on any atom is -0.384 e. The highest BCUT2D eigenvalue weighted by Crippen LogP contribution is 2.27. The molecule has 22 heavy (non-hydrogen) atoms. The molecule has 0 spiro atoms. The van der Waals surface area contributed by atoms with Gasteiger partial charge >= 0.3 is 0 Å². The molecule has 0 N–H and O–H groups in total. The van der Waals surface area contributed by atoms with Gasteiger partial charge in [0.2, 0.25) is 15.9 Å². The highest BCUT2D eigenvalue weighted by molar-refractivity contribution is 7.89. The predicted molar refractivity (Wildman–Crippen MR) is 82.3 cm³/mol. The van der Waals surface area contributed by atoms with Gasteiger partial charge in [-0.2, -0.15) is 9.29 Å². The maximum atomic E-state index is 12.6. The Hall–Kier alpha value is -1.29. The Labute approximate surface area is 134 Å². The molecule has 7 nitrogen and oxygen atoms in total. The van der Waals surface area contributed by atoms with Crippen LogP contribution in [0, 0.1) is 13.8 Å². The second kappa shape index (κ2) is 6.86. The summed E-state index contributed by atoms with van der Waals surface area (Å²) in [7, 11) is -0.473. The zero-order chi connectivity index (χ0) is 16.3. The van der Waals surface area contributed by atoms with Crippen molar-refractivity contribution in [3.63, 3.8) is 0 Å². The molecular weight excluding hydrogens is 326 g/mol. The van der Waals surface area contributed by atoms with Crippen LogP contribution < -0.4 is 0 Å². The predicted octanol–water partition coefficient (Wildman–Crippen LogP) is 1.76. The molecule has 0 aliphatic rings. The average molecular weight is 345 g/mol. The van der Waals surface area contributed by atoms with E-state index in [1.807, 2.05) is 6.92 Å². The number of sulfonamides is 1.